The fraction of sp³-hybridized carbons (Fsp3) is 0.125. The zero-order valence-electron chi connectivity index (χ0n) is 11.8. The first-order valence-corrected chi connectivity index (χ1v) is 7.47. The standard InChI is InChI=1S/C16H15N3OS/c1-11-17-14(10-21-11)12-8-15(19(2)9-12)16(20)18-13-6-4-3-5-7-13/h3-10H,1-2H3,(H,18,20). The highest BCUT2D eigenvalue weighted by Gasteiger charge is 2.14. The zero-order valence-corrected chi connectivity index (χ0v) is 12.6. The lowest BCUT2D eigenvalue weighted by atomic mass is 10.2. The molecule has 0 radical (unpaired) electrons. The number of hydrogen-bond acceptors (Lipinski definition) is 3. The van der Waals surface area contributed by atoms with Crippen LogP contribution in [0, 0.1) is 6.92 Å². The van der Waals surface area contributed by atoms with Crippen molar-refractivity contribution in [1.82, 2.24) is 9.55 Å². The number of hydrogen-bond donors (Lipinski definition) is 1. The van der Waals surface area contributed by atoms with Crippen LogP contribution in [0.5, 0.6) is 0 Å². The molecule has 0 unspecified atom stereocenters. The molecule has 2 heterocycles. The van der Waals surface area contributed by atoms with Gasteiger partial charge in [0.25, 0.3) is 5.91 Å². The second-order valence-electron chi connectivity index (χ2n) is 4.80. The molecule has 0 spiro atoms. The van der Waals surface area contributed by atoms with Gasteiger partial charge >= 0.3 is 0 Å². The highest BCUT2D eigenvalue weighted by Crippen LogP contribution is 2.24. The average Bonchev–Trinajstić information content (AvgIpc) is 3.06. The number of thiazole rings is 1. The van der Waals surface area contributed by atoms with Crippen molar-refractivity contribution in [2.75, 3.05) is 5.32 Å². The number of carbonyl (C=O) groups excluding carboxylic acids is 1. The minimum Gasteiger partial charge on any atom is -0.346 e. The van der Waals surface area contributed by atoms with E-state index in [0.717, 1.165) is 22.0 Å². The number of benzene rings is 1. The van der Waals surface area contributed by atoms with E-state index in [1.165, 1.54) is 0 Å². The highest BCUT2D eigenvalue weighted by molar-refractivity contribution is 7.09. The van der Waals surface area contributed by atoms with Gasteiger partial charge in [-0.15, -0.1) is 11.3 Å². The van der Waals surface area contributed by atoms with Crippen LogP contribution in [-0.4, -0.2) is 15.5 Å². The van der Waals surface area contributed by atoms with E-state index in [0.29, 0.717) is 5.69 Å². The third kappa shape index (κ3) is 2.87. The van der Waals surface area contributed by atoms with E-state index in [2.05, 4.69) is 10.3 Å². The molecular weight excluding hydrogens is 282 g/mol. The van der Waals surface area contributed by atoms with Gasteiger partial charge in [-0.2, -0.15) is 0 Å². The summed E-state index contributed by atoms with van der Waals surface area (Å²) in [4.78, 5) is 16.8. The van der Waals surface area contributed by atoms with Crippen molar-refractivity contribution in [3.05, 3.63) is 58.7 Å². The van der Waals surface area contributed by atoms with Crippen LogP contribution in [0.3, 0.4) is 0 Å². The van der Waals surface area contributed by atoms with E-state index in [1.54, 1.807) is 11.3 Å². The number of rotatable bonds is 3. The summed E-state index contributed by atoms with van der Waals surface area (Å²) < 4.78 is 1.82. The normalized spacial score (nSPS) is 10.6. The fourth-order valence-corrected chi connectivity index (χ4v) is 2.77. The van der Waals surface area contributed by atoms with Crippen LogP contribution in [-0.2, 0) is 7.05 Å². The van der Waals surface area contributed by atoms with E-state index in [4.69, 9.17) is 0 Å². The summed E-state index contributed by atoms with van der Waals surface area (Å²) in [5.41, 5.74) is 3.26. The van der Waals surface area contributed by atoms with E-state index in [9.17, 15) is 4.79 Å². The number of anilines is 1. The fourth-order valence-electron chi connectivity index (χ4n) is 2.14. The summed E-state index contributed by atoms with van der Waals surface area (Å²) in [6.45, 7) is 1.97. The number of para-hydroxylation sites is 1. The van der Waals surface area contributed by atoms with Crippen molar-refractivity contribution in [2.45, 2.75) is 6.92 Å². The second-order valence-corrected chi connectivity index (χ2v) is 5.86. The molecule has 106 valence electrons. The Hall–Kier alpha value is -2.40. The van der Waals surface area contributed by atoms with Gasteiger partial charge in [-0.25, -0.2) is 4.98 Å². The third-order valence-electron chi connectivity index (χ3n) is 3.18. The Morgan fingerprint density at radius 1 is 1.29 bits per heavy atom. The molecule has 0 aliphatic heterocycles. The first-order valence-electron chi connectivity index (χ1n) is 6.59. The molecule has 0 aliphatic carbocycles. The molecule has 0 saturated heterocycles. The Bertz CT molecular complexity index is 774. The summed E-state index contributed by atoms with van der Waals surface area (Å²) in [5.74, 6) is -0.123. The monoisotopic (exact) mass is 297 g/mol. The smallest absolute Gasteiger partial charge is 0.272 e. The third-order valence-corrected chi connectivity index (χ3v) is 3.96. The Morgan fingerprint density at radius 2 is 2.05 bits per heavy atom. The minimum absolute atomic E-state index is 0.123. The number of nitrogens with one attached hydrogen (secondary N) is 1. The molecule has 1 N–H and O–H groups in total. The minimum atomic E-state index is -0.123. The predicted molar refractivity (Wildman–Crippen MR) is 85.7 cm³/mol. The first-order chi connectivity index (χ1) is 10.1. The maximum atomic E-state index is 12.3. The van der Waals surface area contributed by atoms with Gasteiger partial charge in [0.15, 0.2) is 0 Å². The summed E-state index contributed by atoms with van der Waals surface area (Å²) in [6.07, 6.45) is 1.92. The molecule has 1 aromatic carbocycles. The van der Waals surface area contributed by atoms with Crippen LogP contribution in [0.2, 0.25) is 0 Å². The SMILES string of the molecule is Cc1nc(-c2cc(C(=O)Nc3ccccc3)n(C)c2)cs1. The number of aryl methyl sites for hydroxylation is 2. The molecule has 1 amide bonds. The number of carbonyl (C=O) groups is 1. The lowest BCUT2D eigenvalue weighted by Crippen LogP contribution is -2.15. The van der Waals surface area contributed by atoms with Crippen LogP contribution < -0.4 is 5.32 Å². The topological polar surface area (TPSA) is 46.9 Å². The molecule has 0 saturated carbocycles. The quantitative estimate of drug-likeness (QED) is 0.801. The number of amides is 1. The Morgan fingerprint density at radius 3 is 2.71 bits per heavy atom. The van der Waals surface area contributed by atoms with Gasteiger partial charge in [0, 0.05) is 29.9 Å². The Labute approximate surface area is 127 Å². The van der Waals surface area contributed by atoms with E-state index in [1.807, 2.05) is 66.5 Å². The van der Waals surface area contributed by atoms with Crippen LogP contribution in [0.1, 0.15) is 15.5 Å². The average molecular weight is 297 g/mol. The van der Waals surface area contributed by atoms with E-state index in [-0.39, 0.29) is 5.91 Å². The van der Waals surface area contributed by atoms with Gasteiger partial charge in [-0.1, -0.05) is 18.2 Å². The maximum absolute atomic E-state index is 12.3. The molecular formula is C16H15N3OS. The van der Waals surface area contributed by atoms with Crippen LogP contribution in [0.4, 0.5) is 5.69 Å². The molecule has 3 aromatic rings. The number of nitrogens with zero attached hydrogens (tertiary/aromatic N) is 2. The lowest BCUT2D eigenvalue weighted by molar-refractivity contribution is 0.101. The molecule has 21 heavy (non-hydrogen) atoms. The summed E-state index contributed by atoms with van der Waals surface area (Å²) in [6, 6.07) is 11.3. The number of aromatic nitrogens is 2. The molecule has 4 nitrogen and oxygen atoms in total. The lowest BCUT2D eigenvalue weighted by Gasteiger charge is -2.05. The van der Waals surface area contributed by atoms with Crippen LogP contribution in [0.15, 0.2) is 48.0 Å². The zero-order chi connectivity index (χ0) is 14.8. The molecule has 5 heteroatoms. The summed E-state index contributed by atoms with van der Waals surface area (Å²) in [7, 11) is 1.86. The van der Waals surface area contributed by atoms with Crippen molar-refractivity contribution in [3.8, 4) is 11.3 Å². The summed E-state index contributed by atoms with van der Waals surface area (Å²) in [5, 5.41) is 5.91. The largest absolute Gasteiger partial charge is 0.346 e. The van der Waals surface area contributed by atoms with Gasteiger partial charge < -0.3 is 9.88 Å². The van der Waals surface area contributed by atoms with Crippen LogP contribution >= 0.6 is 11.3 Å². The van der Waals surface area contributed by atoms with Gasteiger partial charge in [0.05, 0.1) is 10.7 Å². The van der Waals surface area contributed by atoms with Crippen molar-refractivity contribution < 1.29 is 4.79 Å². The first kappa shape index (κ1) is 13.6. The van der Waals surface area contributed by atoms with Crippen molar-refractivity contribution in [2.24, 2.45) is 7.05 Å². The van der Waals surface area contributed by atoms with Gasteiger partial charge in [-0.05, 0) is 25.1 Å². The Kier molecular flexibility index (Phi) is 3.58. The molecule has 3 rings (SSSR count). The summed E-state index contributed by atoms with van der Waals surface area (Å²) >= 11 is 1.60. The Balaban J connectivity index is 1.86. The van der Waals surface area contributed by atoms with Crippen molar-refractivity contribution >= 4 is 22.9 Å². The van der Waals surface area contributed by atoms with Gasteiger partial charge in [-0.3, -0.25) is 4.79 Å². The predicted octanol–water partition coefficient (Wildman–Crippen LogP) is 3.71. The van der Waals surface area contributed by atoms with E-state index >= 15 is 0 Å². The van der Waals surface area contributed by atoms with Crippen molar-refractivity contribution in [3.63, 3.8) is 0 Å². The van der Waals surface area contributed by atoms with Gasteiger partial charge in [0.1, 0.15) is 5.69 Å². The second kappa shape index (κ2) is 5.54. The van der Waals surface area contributed by atoms with Crippen LogP contribution in [0.25, 0.3) is 11.3 Å². The molecule has 0 fully saturated rings. The highest BCUT2D eigenvalue weighted by atomic mass is 32.1. The maximum Gasteiger partial charge on any atom is 0.272 e. The van der Waals surface area contributed by atoms with Crippen molar-refractivity contribution in [1.29, 1.82) is 0 Å². The molecule has 0 aliphatic rings. The molecule has 2 aromatic heterocycles. The van der Waals surface area contributed by atoms with Gasteiger partial charge in [0.2, 0.25) is 0 Å². The van der Waals surface area contributed by atoms with E-state index < -0.39 is 0 Å². The molecule has 0 bridgehead atoms. The molecule has 0 atom stereocenters.